The Labute approximate surface area is 213 Å². The molecule has 2 aromatic heterocycles. The zero-order valence-electron chi connectivity index (χ0n) is 19.4. The predicted molar refractivity (Wildman–Crippen MR) is 139 cm³/mol. The van der Waals surface area contributed by atoms with Crippen molar-refractivity contribution >= 4 is 46.5 Å². The third kappa shape index (κ3) is 7.11. The number of anilines is 3. The lowest BCUT2D eigenvalue weighted by Crippen LogP contribution is -2.46. The smallest absolute Gasteiger partial charge is 0.239 e. The van der Waals surface area contributed by atoms with Crippen LogP contribution in [0.15, 0.2) is 47.6 Å². The molecule has 0 saturated carbocycles. The van der Waals surface area contributed by atoms with Crippen LogP contribution in [0.3, 0.4) is 0 Å². The third-order valence-corrected chi connectivity index (χ3v) is 6.71. The van der Waals surface area contributed by atoms with Gasteiger partial charge in [0.2, 0.25) is 5.91 Å². The number of nitrogens with one attached hydrogen (secondary N) is 3. The summed E-state index contributed by atoms with van der Waals surface area (Å²) in [6, 6.07) is 9.63. The summed E-state index contributed by atoms with van der Waals surface area (Å²) in [7, 11) is 0. The summed E-state index contributed by atoms with van der Waals surface area (Å²) in [5.74, 6) is 0.765. The number of rotatable bonds is 9. The van der Waals surface area contributed by atoms with Gasteiger partial charge < -0.3 is 16.0 Å². The molecule has 0 spiro atoms. The highest BCUT2D eigenvalue weighted by molar-refractivity contribution is 7.99. The second kappa shape index (κ2) is 12.3. The second-order valence-electron chi connectivity index (χ2n) is 8.05. The Morgan fingerprint density at radius 3 is 2.83 bits per heavy atom. The van der Waals surface area contributed by atoms with E-state index in [1.54, 1.807) is 36.2 Å². The van der Waals surface area contributed by atoms with E-state index in [9.17, 15) is 9.18 Å². The maximum Gasteiger partial charge on any atom is 0.239 e. The number of pyridine rings is 1. The van der Waals surface area contributed by atoms with Gasteiger partial charge in [-0.05, 0) is 42.5 Å². The van der Waals surface area contributed by atoms with E-state index in [1.165, 1.54) is 18.2 Å². The van der Waals surface area contributed by atoms with Crippen LogP contribution in [0.25, 0.3) is 11.3 Å². The summed E-state index contributed by atoms with van der Waals surface area (Å²) in [5, 5.41) is 19.1. The van der Waals surface area contributed by atoms with Gasteiger partial charge in [0.05, 0.1) is 17.9 Å². The molecule has 35 heavy (non-hydrogen) atoms. The number of aromatic nitrogens is 3. The van der Waals surface area contributed by atoms with Crippen molar-refractivity contribution in [3.63, 3.8) is 0 Å². The molecule has 1 saturated heterocycles. The van der Waals surface area contributed by atoms with Crippen LogP contribution in [0.2, 0.25) is 5.02 Å². The highest BCUT2D eigenvalue weighted by atomic mass is 35.5. The Balaban J connectivity index is 1.53. The minimum Gasteiger partial charge on any atom is -0.353 e. The van der Waals surface area contributed by atoms with Crippen molar-refractivity contribution in [1.29, 1.82) is 0 Å². The molecule has 4 rings (SSSR count). The predicted octanol–water partition coefficient (Wildman–Crippen LogP) is 4.42. The first kappa shape index (κ1) is 25.3. The van der Waals surface area contributed by atoms with Gasteiger partial charge in [0, 0.05) is 54.7 Å². The van der Waals surface area contributed by atoms with Crippen molar-refractivity contribution in [2.75, 3.05) is 49.1 Å². The summed E-state index contributed by atoms with van der Waals surface area (Å²) in [6.07, 6.45) is 2.59. The van der Waals surface area contributed by atoms with Crippen LogP contribution in [0, 0.1) is 5.82 Å². The van der Waals surface area contributed by atoms with E-state index in [0.717, 1.165) is 38.4 Å². The van der Waals surface area contributed by atoms with Gasteiger partial charge in [-0.2, -0.15) is 0 Å². The van der Waals surface area contributed by atoms with E-state index in [0.29, 0.717) is 39.5 Å². The van der Waals surface area contributed by atoms with Crippen molar-refractivity contribution in [2.45, 2.75) is 18.4 Å². The van der Waals surface area contributed by atoms with E-state index in [1.807, 2.05) is 0 Å². The van der Waals surface area contributed by atoms with E-state index >= 15 is 0 Å². The molecule has 3 heterocycles. The van der Waals surface area contributed by atoms with Crippen LogP contribution in [0.5, 0.6) is 0 Å². The fourth-order valence-corrected chi connectivity index (χ4v) is 4.52. The molecule has 0 unspecified atom stereocenters. The average Bonchev–Trinajstić information content (AvgIpc) is 2.85. The standard InChI is InChI=1S/C24H27ClFN7OS/c1-2-11-35-24-21(14-20(31-32-24)18-12-16(25)3-4-19(18)26)29-17-5-6-28-22(13-17)30-23(34)15-33-9-7-27-8-10-33/h3-6,12-14,27H,2,7-11,15H2,1H3,(H2,28,29,30,31,34). The molecular weight excluding hydrogens is 489 g/mol. The van der Waals surface area contributed by atoms with Gasteiger partial charge in [-0.15, -0.1) is 22.0 Å². The summed E-state index contributed by atoms with van der Waals surface area (Å²) < 4.78 is 14.5. The van der Waals surface area contributed by atoms with Crippen LogP contribution in [-0.4, -0.2) is 64.5 Å². The van der Waals surface area contributed by atoms with Crippen LogP contribution in [0.4, 0.5) is 21.6 Å². The first-order valence-electron chi connectivity index (χ1n) is 11.4. The number of amides is 1. The van der Waals surface area contributed by atoms with Gasteiger partial charge in [-0.25, -0.2) is 9.37 Å². The molecular formula is C24H27ClFN7OS. The first-order valence-corrected chi connectivity index (χ1v) is 12.8. The monoisotopic (exact) mass is 515 g/mol. The maximum absolute atomic E-state index is 14.5. The normalized spacial score (nSPS) is 14.0. The third-order valence-electron chi connectivity index (χ3n) is 5.29. The van der Waals surface area contributed by atoms with Gasteiger partial charge in [0.25, 0.3) is 0 Å². The van der Waals surface area contributed by atoms with E-state index < -0.39 is 5.82 Å². The molecule has 1 aliphatic rings. The number of halogens is 2. The number of carbonyl (C=O) groups excluding carboxylic acids is 1. The Kier molecular flexibility index (Phi) is 8.86. The highest BCUT2D eigenvalue weighted by Gasteiger charge is 2.16. The van der Waals surface area contributed by atoms with Gasteiger partial charge in [-0.1, -0.05) is 18.5 Å². The van der Waals surface area contributed by atoms with Gasteiger partial charge in [0.1, 0.15) is 16.7 Å². The molecule has 11 heteroatoms. The van der Waals surface area contributed by atoms with Crippen LogP contribution in [0.1, 0.15) is 13.3 Å². The largest absolute Gasteiger partial charge is 0.353 e. The van der Waals surface area contributed by atoms with E-state index in [-0.39, 0.29) is 11.5 Å². The van der Waals surface area contributed by atoms with Crippen LogP contribution in [-0.2, 0) is 4.79 Å². The molecule has 0 aliphatic carbocycles. The zero-order valence-corrected chi connectivity index (χ0v) is 20.9. The van der Waals surface area contributed by atoms with Crippen LogP contribution >= 0.6 is 23.4 Å². The zero-order chi connectivity index (χ0) is 24.6. The molecule has 3 aromatic rings. The van der Waals surface area contributed by atoms with Crippen molar-refractivity contribution in [3.05, 3.63) is 53.4 Å². The number of piperazine rings is 1. The Morgan fingerprint density at radius 1 is 1.20 bits per heavy atom. The molecule has 1 amide bonds. The fourth-order valence-electron chi connectivity index (χ4n) is 3.59. The van der Waals surface area contributed by atoms with E-state index in [4.69, 9.17) is 11.6 Å². The Bertz CT molecular complexity index is 1180. The highest BCUT2D eigenvalue weighted by Crippen LogP contribution is 2.33. The number of nitrogens with zero attached hydrogens (tertiary/aromatic N) is 4. The van der Waals surface area contributed by atoms with Gasteiger partial charge in [-0.3, -0.25) is 9.69 Å². The number of thioether (sulfide) groups is 1. The summed E-state index contributed by atoms with van der Waals surface area (Å²) in [6.45, 7) is 5.84. The molecule has 3 N–H and O–H groups in total. The Morgan fingerprint density at radius 2 is 2.03 bits per heavy atom. The van der Waals surface area contributed by atoms with Crippen molar-refractivity contribution in [2.24, 2.45) is 0 Å². The molecule has 1 fully saturated rings. The fraction of sp³-hybridized carbons (Fsp3) is 0.333. The molecule has 0 atom stereocenters. The summed E-state index contributed by atoms with van der Waals surface area (Å²) >= 11 is 7.63. The molecule has 1 aliphatic heterocycles. The SMILES string of the molecule is CCCSc1nnc(-c2cc(Cl)ccc2F)cc1Nc1ccnc(NC(=O)CN2CCNCC2)c1. The maximum atomic E-state index is 14.5. The molecule has 0 radical (unpaired) electrons. The van der Waals surface area contributed by atoms with Crippen molar-refractivity contribution in [1.82, 2.24) is 25.4 Å². The number of benzene rings is 1. The minimum atomic E-state index is -0.429. The van der Waals surface area contributed by atoms with E-state index in [2.05, 4.69) is 43.0 Å². The van der Waals surface area contributed by atoms with Crippen molar-refractivity contribution in [3.8, 4) is 11.3 Å². The number of hydrogen-bond donors (Lipinski definition) is 3. The second-order valence-corrected chi connectivity index (χ2v) is 9.57. The Hall–Kier alpha value is -2.79. The lowest BCUT2D eigenvalue weighted by Gasteiger charge is -2.26. The average molecular weight is 516 g/mol. The molecule has 184 valence electrons. The summed E-state index contributed by atoms with van der Waals surface area (Å²) in [4.78, 5) is 18.9. The number of carbonyl (C=O) groups is 1. The van der Waals surface area contributed by atoms with Gasteiger partial charge in [0.15, 0.2) is 0 Å². The topological polar surface area (TPSA) is 95.1 Å². The van der Waals surface area contributed by atoms with Crippen molar-refractivity contribution < 1.29 is 9.18 Å². The molecule has 0 bridgehead atoms. The van der Waals surface area contributed by atoms with Gasteiger partial charge >= 0.3 is 0 Å². The number of hydrogen-bond acceptors (Lipinski definition) is 8. The first-order chi connectivity index (χ1) is 17.0. The molecule has 1 aromatic carbocycles. The lowest BCUT2D eigenvalue weighted by atomic mass is 10.1. The molecule has 8 nitrogen and oxygen atoms in total. The lowest BCUT2D eigenvalue weighted by molar-refractivity contribution is -0.117. The summed E-state index contributed by atoms with van der Waals surface area (Å²) in [5.41, 5.74) is 2.03. The van der Waals surface area contributed by atoms with Crippen LogP contribution < -0.4 is 16.0 Å². The quantitative estimate of drug-likeness (QED) is 0.360. The minimum absolute atomic E-state index is 0.111.